The molecule has 2 nitrogen and oxygen atoms in total. The first kappa shape index (κ1) is 12.4. The van der Waals surface area contributed by atoms with Crippen molar-refractivity contribution in [2.75, 3.05) is 13.6 Å². The number of hydrogen-bond acceptors (Lipinski definition) is 1. The Kier molecular flexibility index (Phi) is 3.35. The predicted octanol–water partition coefficient (Wildman–Crippen LogP) is 3.05. The number of halogens is 1. The molecule has 2 rings (SSSR count). The molecule has 16 heavy (non-hydrogen) atoms. The quantitative estimate of drug-likeness (QED) is 0.731. The maximum atomic E-state index is 12.0. The SMILES string of the molecule is CN(CC1CC2CCC1C2)C(=O)C(C)(C)Br. The number of nitrogens with zero attached hydrogens (tertiary/aromatic N) is 1. The third kappa shape index (κ3) is 2.44. The van der Waals surface area contributed by atoms with Gasteiger partial charge in [0.15, 0.2) is 0 Å². The number of fused-ring (bicyclic) bond motifs is 2. The van der Waals surface area contributed by atoms with Gasteiger partial charge in [-0.2, -0.15) is 0 Å². The summed E-state index contributed by atoms with van der Waals surface area (Å²) in [5, 5.41) is 0. The lowest BCUT2D eigenvalue weighted by atomic mass is 9.88. The van der Waals surface area contributed by atoms with Crippen molar-refractivity contribution >= 4 is 21.8 Å². The summed E-state index contributed by atoms with van der Waals surface area (Å²) in [6.07, 6.45) is 5.60. The maximum absolute atomic E-state index is 12.0. The smallest absolute Gasteiger partial charge is 0.238 e. The molecule has 0 aliphatic heterocycles. The van der Waals surface area contributed by atoms with Crippen LogP contribution in [0, 0.1) is 17.8 Å². The molecule has 0 saturated heterocycles. The zero-order chi connectivity index (χ0) is 11.9. The van der Waals surface area contributed by atoms with Gasteiger partial charge >= 0.3 is 0 Å². The molecule has 92 valence electrons. The van der Waals surface area contributed by atoms with Gasteiger partial charge in [0.2, 0.25) is 5.91 Å². The van der Waals surface area contributed by atoms with E-state index in [1.54, 1.807) is 0 Å². The molecule has 0 aromatic heterocycles. The van der Waals surface area contributed by atoms with Crippen molar-refractivity contribution in [1.29, 1.82) is 0 Å². The number of rotatable bonds is 3. The molecule has 0 aromatic carbocycles. The van der Waals surface area contributed by atoms with E-state index in [0.29, 0.717) is 0 Å². The zero-order valence-electron chi connectivity index (χ0n) is 10.5. The second-order valence-corrected chi connectivity index (χ2v) is 8.08. The summed E-state index contributed by atoms with van der Waals surface area (Å²) < 4.78 is -0.417. The first-order chi connectivity index (χ1) is 7.38. The van der Waals surface area contributed by atoms with Crippen LogP contribution < -0.4 is 0 Å². The van der Waals surface area contributed by atoms with Crippen LogP contribution in [0.5, 0.6) is 0 Å². The third-order valence-electron chi connectivity index (χ3n) is 4.25. The largest absolute Gasteiger partial charge is 0.344 e. The van der Waals surface area contributed by atoms with E-state index in [4.69, 9.17) is 0 Å². The van der Waals surface area contributed by atoms with E-state index in [0.717, 1.165) is 24.3 Å². The molecular formula is C13H22BrNO. The average Bonchev–Trinajstić information content (AvgIpc) is 2.76. The molecule has 0 heterocycles. The van der Waals surface area contributed by atoms with Crippen molar-refractivity contribution in [3.63, 3.8) is 0 Å². The first-order valence-electron chi connectivity index (χ1n) is 6.32. The van der Waals surface area contributed by atoms with Crippen molar-refractivity contribution in [3.8, 4) is 0 Å². The van der Waals surface area contributed by atoms with Crippen LogP contribution in [0.25, 0.3) is 0 Å². The van der Waals surface area contributed by atoms with Crippen LogP contribution in [0.4, 0.5) is 0 Å². The van der Waals surface area contributed by atoms with Crippen molar-refractivity contribution in [2.24, 2.45) is 17.8 Å². The highest BCUT2D eigenvalue weighted by Crippen LogP contribution is 2.48. The number of hydrogen-bond donors (Lipinski definition) is 0. The standard InChI is InChI=1S/C13H22BrNO/c1-13(2,14)12(16)15(3)8-11-7-9-4-5-10(11)6-9/h9-11H,4-8H2,1-3H3. The number of alkyl halides is 1. The highest BCUT2D eigenvalue weighted by Gasteiger charge is 2.40. The van der Waals surface area contributed by atoms with Gasteiger partial charge in [-0.1, -0.05) is 22.4 Å². The maximum Gasteiger partial charge on any atom is 0.238 e. The van der Waals surface area contributed by atoms with Gasteiger partial charge in [-0.3, -0.25) is 4.79 Å². The lowest BCUT2D eigenvalue weighted by Crippen LogP contribution is -2.42. The average molecular weight is 288 g/mol. The summed E-state index contributed by atoms with van der Waals surface area (Å²) in [4.78, 5) is 14.0. The number of amides is 1. The van der Waals surface area contributed by atoms with E-state index in [1.807, 2.05) is 25.8 Å². The summed E-state index contributed by atoms with van der Waals surface area (Å²) in [7, 11) is 1.94. The number of carbonyl (C=O) groups is 1. The molecule has 2 fully saturated rings. The van der Waals surface area contributed by atoms with Crippen molar-refractivity contribution in [3.05, 3.63) is 0 Å². The molecule has 2 saturated carbocycles. The third-order valence-corrected chi connectivity index (χ3v) is 4.59. The van der Waals surface area contributed by atoms with Gasteiger partial charge in [0.1, 0.15) is 0 Å². The summed E-state index contributed by atoms with van der Waals surface area (Å²) in [6.45, 7) is 4.80. The van der Waals surface area contributed by atoms with Gasteiger partial charge in [-0.15, -0.1) is 0 Å². The minimum atomic E-state index is -0.417. The summed E-state index contributed by atoms with van der Waals surface area (Å²) in [5.74, 6) is 2.84. The molecule has 2 aliphatic carbocycles. The topological polar surface area (TPSA) is 20.3 Å². The van der Waals surface area contributed by atoms with E-state index >= 15 is 0 Å². The van der Waals surface area contributed by atoms with E-state index in [-0.39, 0.29) is 5.91 Å². The fourth-order valence-electron chi connectivity index (χ4n) is 3.49. The van der Waals surface area contributed by atoms with Crippen LogP contribution in [0.3, 0.4) is 0 Å². The van der Waals surface area contributed by atoms with Crippen LogP contribution in [-0.2, 0) is 4.79 Å². The second kappa shape index (κ2) is 4.32. The lowest BCUT2D eigenvalue weighted by molar-refractivity contribution is -0.132. The Labute approximate surface area is 107 Å². The Hall–Kier alpha value is -0.0500. The van der Waals surface area contributed by atoms with Crippen molar-refractivity contribution < 1.29 is 4.79 Å². The van der Waals surface area contributed by atoms with Crippen molar-refractivity contribution in [1.82, 2.24) is 4.90 Å². The molecule has 3 heteroatoms. The fourth-order valence-corrected chi connectivity index (χ4v) is 3.79. The fraction of sp³-hybridized carbons (Fsp3) is 0.923. The van der Waals surface area contributed by atoms with Crippen molar-refractivity contribution in [2.45, 2.75) is 43.9 Å². The van der Waals surface area contributed by atoms with Gasteiger partial charge in [0, 0.05) is 13.6 Å². The molecule has 0 aromatic rings. The Balaban J connectivity index is 1.88. The molecule has 3 unspecified atom stereocenters. The van der Waals surface area contributed by atoms with Crippen LogP contribution in [0.2, 0.25) is 0 Å². The van der Waals surface area contributed by atoms with Gasteiger partial charge in [-0.05, 0) is 50.9 Å². The van der Waals surface area contributed by atoms with E-state index in [2.05, 4.69) is 15.9 Å². The number of carbonyl (C=O) groups excluding carboxylic acids is 1. The minimum absolute atomic E-state index is 0.204. The molecule has 1 amide bonds. The molecule has 0 N–H and O–H groups in total. The molecule has 2 bridgehead atoms. The monoisotopic (exact) mass is 287 g/mol. The van der Waals surface area contributed by atoms with E-state index in [9.17, 15) is 4.79 Å². The second-order valence-electron chi connectivity index (χ2n) is 6.09. The van der Waals surface area contributed by atoms with E-state index < -0.39 is 4.32 Å². The Bertz CT molecular complexity index is 284. The van der Waals surface area contributed by atoms with Gasteiger partial charge < -0.3 is 4.90 Å². The molecule has 0 radical (unpaired) electrons. The Morgan fingerprint density at radius 2 is 2.06 bits per heavy atom. The summed E-state index contributed by atoms with van der Waals surface area (Å²) >= 11 is 3.44. The van der Waals surface area contributed by atoms with Crippen LogP contribution >= 0.6 is 15.9 Å². The molecule has 3 atom stereocenters. The zero-order valence-corrected chi connectivity index (χ0v) is 12.1. The highest BCUT2D eigenvalue weighted by molar-refractivity contribution is 9.10. The molecule has 2 aliphatic rings. The van der Waals surface area contributed by atoms with E-state index in [1.165, 1.54) is 25.7 Å². The van der Waals surface area contributed by atoms with Gasteiger partial charge in [-0.25, -0.2) is 0 Å². The Morgan fingerprint density at radius 3 is 2.50 bits per heavy atom. The van der Waals surface area contributed by atoms with Gasteiger partial charge in [0.25, 0.3) is 0 Å². The normalized spacial score (nSPS) is 33.1. The lowest BCUT2D eigenvalue weighted by Gasteiger charge is -2.30. The Morgan fingerprint density at radius 1 is 1.38 bits per heavy atom. The van der Waals surface area contributed by atoms with Gasteiger partial charge in [0.05, 0.1) is 4.32 Å². The van der Waals surface area contributed by atoms with Crippen LogP contribution in [0.1, 0.15) is 39.5 Å². The predicted molar refractivity (Wildman–Crippen MR) is 69.6 cm³/mol. The summed E-state index contributed by atoms with van der Waals surface area (Å²) in [5.41, 5.74) is 0. The van der Waals surface area contributed by atoms with Crippen LogP contribution in [-0.4, -0.2) is 28.7 Å². The molecular weight excluding hydrogens is 266 g/mol. The first-order valence-corrected chi connectivity index (χ1v) is 7.11. The molecule has 0 spiro atoms. The highest BCUT2D eigenvalue weighted by atomic mass is 79.9. The summed E-state index contributed by atoms with van der Waals surface area (Å²) in [6, 6.07) is 0. The van der Waals surface area contributed by atoms with Crippen LogP contribution in [0.15, 0.2) is 0 Å². The minimum Gasteiger partial charge on any atom is -0.344 e.